The third-order valence-corrected chi connectivity index (χ3v) is 1.65. The Morgan fingerprint density at radius 1 is 1.31 bits per heavy atom. The van der Waals surface area contributed by atoms with Gasteiger partial charge in [-0.3, -0.25) is 0 Å². The number of nitrogens with zero attached hydrogens (tertiary/aromatic N) is 2. The lowest BCUT2D eigenvalue weighted by molar-refractivity contribution is -0.172. The van der Waals surface area contributed by atoms with Crippen molar-refractivity contribution in [1.29, 1.82) is 0 Å². The molecule has 1 aromatic rings. The molecule has 0 amide bonds. The van der Waals surface area contributed by atoms with Crippen molar-refractivity contribution in [2.24, 2.45) is 0 Å². The van der Waals surface area contributed by atoms with E-state index in [4.69, 9.17) is 11.6 Å². The summed E-state index contributed by atoms with van der Waals surface area (Å²) in [4.78, 5) is 0. The summed E-state index contributed by atoms with van der Waals surface area (Å²) in [5, 5.41) is 10.2. The number of aromatic nitrogens is 2. The van der Waals surface area contributed by atoms with Crippen LogP contribution in [0, 0.1) is 0 Å². The highest BCUT2D eigenvalue weighted by Gasteiger charge is 2.27. The number of hydrogen-bond acceptors (Lipinski definition) is 4. The molecule has 0 radical (unpaired) electrons. The molecular formula is C8H9ClF3N3O. The molecule has 0 aromatic carbocycles. The van der Waals surface area contributed by atoms with E-state index in [0.29, 0.717) is 5.82 Å². The molecule has 16 heavy (non-hydrogen) atoms. The third-order valence-electron chi connectivity index (χ3n) is 1.45. The first-order valence-electron chi connectivity index (χ1n) is 4.35. The van der Waals surface area contributed by atoms with E-state index in [1.165, 1.54) is 6.07 Å². The first-order valence-corrected chi connectivity index (χ1v) is 4.73. The first-order chi connectivity index (χ1) is 7.47. The van der Waals surface area contributed by atoms with Crippen molar-refractivity contribution in [1.82, 2.24) is 10.2 Å². The number of hydrogen-bond donors (Lipinski definition) is 1. The average Bonchev–Trinajstić information content (AvgIpc) is 2.19. The summed E-state index contributed by atoms with van der Waals surface area (Å²) in [5.41, 5.74) is 0. The van der Waals surface area contributed by atoms with Crippen LogP contribution in [0.3, 0.4) is 0 Å². The maximum absolute atomic E-state index is 11.7. The quantitative estimate of drug-likeness (QED) is 0.819. The smallest absolute Gasteiger partial charge is 0.370 e. The zero-order chi connectivity index (χ0) is 12.0. The van der Waals surface area contributed by atoms with E-state index in [-0.39, 0.29) is 18.3 Å². The normalized spacial score (nSPS) is 11.5. The first kappa shape index (κ1) is 13.0. The lowest BCUT2D eigenvalue weighted by atomic mass is 10.5. The molecule has 0 aliphatic carbocycles. The molecule has 8 heteroatoms. The molecule has 0 unspecified atom stereocenters. The van der Waals surface area contributed by atoms with Gasteiger partial charge in [0.25, 0.3) is 0 Å². The van der Waals surface area contributed by atoms with E-state index in [0.717, 1.165) is 0 Å². The third kappa shape index (κ3) is 5.72. The topological polar surface area (TPSA) is 47.0 Å². The summed E-state index contributed by atoms with van der Waals surface area (Å²) in [6.07, 6.45) is -4.29. The number of ether oxygens (including phenoxy) is 1. The molecule has 1 aromatic heterocycles. The molecule has 90 valence electrons. The van der Waals surface area contributed by atoms with Crippen LogP contribution in [-0.2, 0) is 4.74 Å². The highest BCUT2D eigenvalue weighted by atomic mass is 35.5. The Morgan fingerprint density at radius 2 is 2.06 bits per heavy atom. The Bertz CT molecular complexity index is 317. The number of alkyl halides is 3. The van der Waals surface area contributed by atoms with Gasteiger partial charge in [-0.2, -0.15) is 13.2 Å². The van der Waals surface area contributed by atoms with Gasteiger partial charge in [0.1, 0.15) is 12.4 Å². The van der Waals surface area contributed by atoms with E-state index in [1.54, 1.807) is 6.07 Å². The number of rotatable bonds is 5. The van der Waals surface area contributed by atoms with Crippen LogP contribution in [0.2, 0.25) is 5.15 Å². The molecule has 0 saturated heterocycles. The van der Waals surface area contributed by atoms with Crippen LogP contribution in [0.1, 0.15) is 0 Å². The van der Waals surface area contributed by atoms with E-state index >= 15 is 0 Å². The van der Waals surface area contributed by atoms with Crippen molar-refractivity contribution in [2.75, 3.05) is 25.1 Å². The van der Waals surface area contributed by atoms with Gasteiger partial charge in [-0.1, -0.05) is 11.6 Å². The number of halogens is 4. The highest BCUT2D eigenvalue weighted by molar-refractivity contribution is 6.29. The second kappa shape index (κ2) is 5.86. The highest BCUT2D eigenvalue weighted by Crippen LogP contribution is 2.14. The molecule has 0 spiro atoms. The monoisotopic (exact) mass is 255 g/mol. The summed E-state index contributed by atoms with van der Waals surface area (Å²) in [6, 6.07) is 3.09. The predicted molar refractivity (Wildman–Crippen MR) is 52.4 cm³/mol. The molecule has 0 fully saturated rings. The van der Waals surface area contributed by atoms with Gasteiger partial charge < -0.3 is 10.1 Å². The average molecular weight is 256 g/mol. The Hall–Kier alpha value is -1.08. The van der Waals surface area contributed by atoms with Crippen LogP contribution in [0.25, 0.3) is 0 Å². The van der Waals surface area contributed by atoms with Crippen molar-refractivity contribution < 1.29 is 17.9 Å². The van der Waals surface area contributed by atoms with Crippen LogP contribution >= 0.6 is 11.6 Å². The second-order valence-electron chi connectivity index (χ2n) is 2.84. The number of anilines is 1. The Morgan fingerprint density at radius 3 is 2.62 bits per heavy atom. The zero-order valence-corrected chi connectivity index (χ0v) is 8.85. The summed E-state index contributed by atoms with van der Waals surface area (Å²) < 4.78 is 39.4. The molecule has 0 aliphatic rings. The largest absolute Gasteiger partial charge is 0.411 e. The number of nitrogens with one attached hydrogen (secondary N) is 1. The van der Waals surface area contributed by atoms with Gasteiger partial charge in [-0.15, -0.1) is 10.2 Å². The van der Waals surface area contributed by atoms with Crippen molar-refractivity contribution in [3.05, 3.63) is 17.3 Å². The zero-order valence-electron chi connectivity index (χ0n) is 8.09. The molecular weight excluding hydrogens is 247 g/mol. The van der Waals surface area contributed by atoms with Crippen molar-refractivity contribution >= 4 is 17.4 Å². The van der Waals surface area contributed by atoms with Gasteiger partial charge in [0.05, 0.1) is 6.61 Å². The van der Waals surface area contributed by atoms with E-state index in [1.807, 2.05) is 0 Å². The lowest BCUT2D eigenvalue weighted by Crippen LogP contribution is -2.20. The molecule has 0 atom stereocenters. The molecule has 0 bridgehead atoms. The van der Waals surface area contributed by atoms with Crippen molar-refractivity contribution in [3.63, 3.8) is 0 Å². The van der Waals surface area contributed by atoms with E-state index in [2.05, 4.69) is 20.3 Å². The minimum atomic E-state index is -4.29. The van der Waals surface area contributed by atoms with Gasteiger partial charge in [0.15, 0.2) is 5.15 Å². The van der Waals surface area contributed by atoms with Crippen LogP contribution in [-0.4, -0.2) is 36.1 Å². The van der Waals surface area contributed by atoms with Gasteiger partial charge >= 0.3 is 6.18 Å². The fraction of sp³-hybridized carbons (Fsp3) is 0.500. The summed E-state index contributed by atoms with van der Waals surface area (Å²) in [7, 11) is 0. The summed E-state index contributed by atoms with van der Waals surface area (Å²) in [6.45, 7) is -1.10. The standard InChI is InChI=1S/C8H9ClF3N3O/c9-6-1-2-7(15-14-6)13-3-4-16-5-8(10,11)12/h1-2H,3-5H2,(H,13,15). The summed E-state index contributed by atoms with van der Waals surface area (Å²) in [5.74, 6) is 0.431. The Labute approximate surface area is 94.8 Å². The van der Waals surface area contributed by atoms with Crippen LogP contribution < -0.4 is 5.32 Å². The Balaban J connectivity index is 2.14. The van der Waals surface area contributed by atoms with Gasteiger partial charge in [-0.25, -0.2) is 0 Å². The van der Waals surface area contributed by atoms with E-state index in [9.17, 15) is 13.2 Å². The predicted octanol–water partition coefficient (Wildman–Crippen LogP) is 2.12. The Kier molecular flexibility index (Phi) is 4.75. The summed E-state index contributed by atoms with van der Waals surface area (Å²) >= 11 is 5.49. The molecule has 1 rings (SSSR count). The molecule has 0 saturated carbocycles. The van der Waals surface area contributed by atoms with Gasteiger partial charge in [0, 0.05) is 6.54 Å². The van der Waals surface area contributed by atoms with Crippen LogP contribution in [0.4, 0.5) is 19.0 Å². The lowest BCUT2D eigenvalue weighted by Gasteiger charge is -2.08. The maximum atomic E-state index is 11.7. The SMILES string of the molecule is FC(F)(F)COCCNc1ccc(Cl)nn1. The van der Waals surface area contributed by atoms with Crippen LogP contribution in [0.5, 0.6) is 0 Å². The van der Waals surface area contributed by atoms with Gasteiger partial charge in [-0.05, 0) is 12.1 Å². The fourth-order valence-electron chi connectivity index (χ4n) is 0.849. The maximum Gasteiger partial charge on any atom is 0.411 e. The molecule has 0 aliphatic heterocycles. The van der Waals surface area contributed by atoms with Crippen molar-refractivity contribution in [3.8, 4) is 0 Å². The van der Waals surface area contributed by atoms with Crippen LogP contribution in [0.15, 0.2) is 12.1 Å². The van der Waals surface area contributed by atoms with Gasteiger partial charge in [0.2, 0.25) is 0 Å². The van der Waals surface area contributed by atoms with Crippen molar-refractivity contribution in [2.45, 2.75) is 6.18 Å². The molecule has 1 N–H and O–H groups in total. The second-order valence-corrected chi connectivity index (χ2v) is 3.22. The molecule has 1 heterocycles. The minimum Gasteiger partial charge on any atom is -0.370 e. The molecule has 4 nitrogen and oxygen atoms in total. The van der Waals surface area contributed by atoms with E-state index < -0.39 is 12.8 Å². The minimum absolute atomic E-state index is 0.0657. The fourth-order valence-corrected chi connectivity index (χ4v) is 0.950.